The second-order valence-corrected chi connectivity index (χ2v) is 6.84. The molecule has 0 saturated carbocycles. The van der Waals surface area contributed by atoms with Crippen molar-refractivity contribution in [1.29, 1.82) is 0 Å². The molecule has 8 heteroatoms. The number of nitrogens with zero attached hydrogens (tertiary/aromatic N) is 2. The summed E-state index contributed by atoms with van der Waals surface area (Å²) in [6, 6.07) is 16.5. The summed E-state index contributed by atoms with van der Waals surface area (Å²) < 4.78 is 20.0. The van der Waals surface area contributed by atoms with Gasteiger partial charge in [0.15, 0.2) is 11.6 Å². The summed E-state index contributed by atoms with van der Waals surface area (Å²) in [6.07, 6.45) is 5.69. The van der Waals surface area contributed by atoms with Gasteiger partial charge in [0, 0.05) is 17.1 Å². The number of rotatable bonds is 9. The topological polar surface area (TPSA) is 88.2 Å². The van der Waals surface area contributed by atoms with Crippen molar-refractivity contribution >= 4 is 23.4 Å². The van der Waals surface area contributed by atoms with Crippen LogP contribution in [0.15, 0.2) is 97.0 Å². The maximum Gasteiger partial charge on any atom is 0.247 e. The number of aromatic nitrogens is 2. The van der Waals surface area contributed by atoms with E-state index in [9.17, 15) is 9.18 Å². The van der Waals surface area contributed by atoms with Crippen LogP contribution >= 0.6 is 0 Å². The van der Waals surface area contributed by atoms with E-state index in [1.165, 1.54) is 6.08 Å². The molecule has 33 heavy (non-hydrogen) atoms. The lowest BCUT2D eigenvalue weighted by molar-refractivity contribution is -0.115. The van der Waals surface area contributed by atoms with Gasteiger partial charge < -0.3 is 20.7 Å². The highest BCUT2D eigenvalue weighted by Crippen LogP contribution is 2.25. The van der Waals surface area contributed by atoms with Crippen molar-refractivity contribution in [2.24, 2.45) is 0 Å². The molecule has 0 fully saturated rings. The van der Waals surface area contributed by atoms with Gasteiger partial charge in [-0.25, -0.2) is 9.37 Å². The minimum Gasteiger partial charge on any atom is -0.457 e. The van der Waals surface area contributed by atoms with E-state index < -0.39 is 5.82 Å². The maximum absolute atomic E-state index is 14.3. The van der Waals surface area contributed by atoms with Crippen molar-refractivity contribution in [3.8, 4) is 11.5 Å². The van der Waals surface area contributed by atoms with Crippen LogP contribution in [0.3, 0.4) is 0 Å². The Morgan fingerprint density at radius 1 is 1.09 bits per heavy atom. The van der Waals surface area contributed by atoms with Crippen molar-refractivity contribution in [2.45, 2.75) is 13.8 Å². The zero-order valence-electron chi connectivity index (χ0n) is 18.3. The van der Waals surface area contributed by atoms with Crippen LogP contribution in [0, 0.1) is 5.82 Å². The number of ether oxygens (including phenoxy) is 1. The Kier molecular flexibility index (Phi) is 7.91. The normalized spacial score (nSPS) is 11.5. The van der Waals surface area contributed by atoms with Crippen molar-refractivity contribution in [3.05, 3.63) is 103 Å². The van der Waals surface area contributed by atoms with Crippen molar-refractivity contribution in [1.82, 2.24) is 15.3 Å². The van der Waals surface area contributed by atoms with Gasteiger partial charge in [-0.05, 0) is 62.4 Å². The molecule has 3 N–H and O–H groups in total. The van der Waals surface area contributed by atoms with Crippen LogP contribution in [-0.4, -0.2) is 15.9 Å². The fraction of sp³-hybridized carbons (Fsp3) is 0.0800. The molecule has 3 rings (SSSR count). The molecule has 1 heterocycles. The number of hydrogen-bond acceptors (Lipinski definition) is 6. The molecular weight excluding hydrogens is 421 g/mol. The summed E-state index contributed by atoms with van der Waals surface area (Å²) in [5, 5.41) is 8.59. The third-order valence-electron chi connectivity index (χ3n) is 4.28. The van der Waals surface area contributed by atoms with Gasteiger partial charge in [0.05, 0.1) is 6.20 Å². The Morgan fingerprint density at radius 3 is 2.45 bits per heavy atom. The zero-order valence-corrected chi connectivity index (χ0v) is 18.3. The molecule has 0 atom stereocenters. The maximum atomic E-state index is 14.3. The second-order valence-electron chi connectivity index (χ2n) is 6.84. The number of nitrogens with one attached hydrogen (secondary N) is 3. The van der Waals surface area contributed by atoms with Gasteiger partial charge in [-0.2, -0.15) is 4.98 Å². The van der Waals surface area contributed by atoms with Gasteiger partial charge >= 0.3 is 0 Å². The lowest BCUT2D eigenvalue weighted by Crippen LogP contribution is -2.19. The number of benzene rings is 2. The van der Waals surface area contributed by atoms with Crippen LogP contribution in [0.4, 0.5) is 21.8 Å². The summed E-state index contributed by atoms with van der Waals surface area (Å²) >= 11 is 0. The van der Waals surface area contributed by atoms with E-state index >= 15 is 0 Å². The average Bonchev–Trinajstić information content (AvgIpc) is 2.82. The quantitative estimate of drug-likeness (QED) is 0.290. The van der Waals surface area contributed by atoms with E-state index in [-0.39, 0.29) is 17.7 Å². The first kappa shape index (κ1) is 23.2. The predicted octanol–water partition coefficient (Wildman–Crippen LogP) is 5.67. The van der Waals surface area contributed by atoms with Crippen LogP contribution in [0.25, 0.3) is 0 Å². The van der Waals surface area contributed by atoms with Gasteiger partial charge in [-0.3, -0.25) is 4.79 Å². The van der Waals surface area contributed by atoms with Crippen molar-refractivity contribution < 1.29 is 13.9 Å². The molecule has 1 aromatic heterocycles. The Hall–Kier alpha value is -4.46. The molecule has 0 unspecified atom stereocenters. The van der Waals surface area contributed by atoms with Crippen molar-refractivity contribution in [2.75, 3.05) is 10.6 Å². The lowest BCUT2D eigenvalue weighted by atomic mass is 10.3. The number of amides is 1. The van der Waals surface area contributed by atoms with Crippen LogP contribution in [0.5, 0.6) is 11.5 Å². The fourth-order valence-corrected chi connectivity index (χ4v) is 2.71. The molecule has 168 valence electrons. The molecular formula is C25H24FN5O2. The Labute approximate surface area is 191 Å². The largest absolute Gasteiger partial charge is 0.457 e. The molecule has 7 nitrogen and oxygen atoms in total. The molecule has 1 amide bonds. The van der Waals surface area contributed by atoms with Gasteiger partial charge in [0.25, 0.3) is 0 Å². The fourth-order valence-electron chi connectivity index (χ4n) is 2.71. The molecule has 0 radical (unpaired) electrons. The van der Waals surface area contributed by atoms with E-state index in [4.69, 9.17) is 4.74 Å². The van der Waals surface area contributed by atoms with E-state index in [2.05, 4.69) is 32.5 Å². The minimum atomic E-state index is -0.598. The average molecular weight is 445 g/mol. The first-order chi connectivity index (χ1) is 16.0. The molecule has 2 aromatic carbocycles. The van der Waals surface area contributed by atoms with Gasteiger partial charge in [-0.15, -0.1) is 0 Å². The Balaban J connectivity index is 1.68. The van der Waals surface area contributed by atoms with Crippen LogP contribution < -0.4 is 20.7 Å². The third kappa shape index (κ3) is 7.03. The minimum absolute atomic E-state index is 0.0169. The van der Waals surface area contributed by atoms with Crippen LogP contribution in [0.1, 0.15) is 13.8 Å². The lowest BCUT2D eigenvalue weighted by Gasteiger charge is -2.11. The number of hydrogen-bond donors (Lipinski definition) is 3. The summed E-state index contributed by atoms with van der Waals surface area (Å²) in [5.74, 6) is 0.673. The predicted molar refractivity (Wildman–Crippen MR) is 128 cm³/mol. The number of para-hydroxylation sites is 1. The number of carbonyl (C=O) groups is 1. The number of carbonyl (C=O) groups excluding carboxylic acids is 1. The molecule has 0 saturated heterocycles. The van der Waals surface area contributed by atoms with Crippen molar-refractivity contribution in [3.63, 3.8) is 0 Å². The first-order valence-electron chi connectivity index (χ1n) is 10.1. The highest BCUT2D eigenvalue weighted by atomic mass is 19.1. The number of allylic oxidation sites excluding steroid dienone is 3. The Morgan fingerprint density at radius 2 is 1.79 bits per heavy atom. The zero-order chi connectivity index (χ0) is 23.6. The van der Waals surface area contributed by atoms with Gasteiger partial charge in [0.1, 0.15) is 11.5 Å². The van der Waals surface area contributed by atoms with Crippen LogP contribution in [-0.2, 0) is 4.79 Å². The number of anilines is 3. The Bertz CT molecular complexity index is 1180. The molecule has 0 aliphatic heterocycles. The van der Waals surface area contributed by atoms with Crippen LogP contribution in [0.2, 0.25) is 0 Å². The standard InChI is InChI=1S/C25H24FN5O2/c1-4-18(29-23(32)5-2)15-17(3)28-25-27-16-22(26)24(31-25)30-19-11-13-21(14-12-19)33-20-9-7-6-8-10-20/h4-16H,2H2,1,3H3,(H,29,32)(H2,27,28,30,31)/b17-15+,18-4+. The molecule has 0 bridgehead atoms. The monoisotopic (exact) mass is 445 g/mol. The van der Waals surface area contributed by atoms with E-state index in [1.54, 1.807) is 50.3 Å². The SMILES string of the molecule is C=CC(=O)NC(/C=C(\C)Nc1ncc(F)c(Nc2ccc(Oc3ccccc3)cc2)n1)=C/C. The summed E-state index contributed by atoms with van der Waals surface area (Å²) in [6.45, 7) is 6.99. The molecule has 3 aromatic rings. The van der Waals surface area contributed by atoms with Gasteiger partial charge in [0.2, 0.25) is 11.9 Å². The van der Waals surface area contributed by atoms with E-state index in [1.807, 2.05) is 30.3 Å². The third-order valence-corrected chi connectivity index (χ3v) is 4.28. The van der Waals surface area contributed by atoms with Gasteiger partial charge in [-0.1, -0.05) is 30.9 Å². The highest BCUT2D eigenvalue weighted by molar-refractivity contribution is 5.88. The number of halogens is 1. The second kappa shape index (κ2) is 11.2. The van der Waals surface area contributed by atoms with E-state index in [0.717, 1.165) is 11.9 Å². The molecule has 0 aliphatic carbocycles. The van der Waals surface area contributed by atoms with E-state index in [0.29, 0.717) is 22.8 Å². The summed E-state index contributed by atoms with van der Waals surface area (Å²) in [7, 11) is 0. The summed E-state index contributed by atoms with van der Waals surface area (Å²) in [4.78, 5) is 19.7. The highest BCUT2D eigenvalue weighted by Gasteiger charge is 2.09. The molecule has 0 aliphatic rings. The summed E-state index contributed by atoms with van der Waals surface area (Å²) in [5.41, 5.74) is 1.85. The molecule has 0 spiro atoms. The first-order valence-corrected chi connectivity index (χ1v) is 10.1. The smallest absolute Gasteiger partial charge is 0.247 e.